The Balaban J connectivity index is -0.000000303. The van der Waals surface area contributed by atoms with E-state index in [0.717, 1.165) is 57.4 Å². The van der Waals surface area contributed by atoms with E-state index in [1.165, 1.54) is 30.4 Å². The fraction of sp³-hybridized carbons (Fsp3) is 0.365. The topological polar surface area (TPSA) is 146 Å². The number of aliphatic carboxylic acids is 1. The zero-order valence-electron chi connectivity index (χ0n) is 39.2. The van der Waals surface area contributed by atoms with Gasteiger partial charge in [0.2, 0.25) is 0 Å². The van der Waals surface area contributed by atoms with Crippen LogP contribution in [0, 0.1) is 11.8 Å². The number of nitrogens with zero attached hydrogens (tertiary/aromatic N) is 4. The van der Waals surface area contributed by atoms with Crippen LogP contribution in [-0.2, 0) is 34.0 Å². The Kier molecular flexibility index (Phi) is 52.8. The van der Waals surface area contributed by atoms with Gasteiger partial charge < -0.3 is 19.5 Å². The maximum atomic E-state index is 14.0. The summed E-state index contributed by atoms with van der Waals surface area (Å²) in [5, 5.41) is 16.9. The molecule has 11 nitrogen and oxygen atoms in total. The molecule has 2 saturated carbocycles. The third-order valence-electron chi connectivity index (χ3n) is 8.71. The fourth-order valence-corrected chi connectivity index (χ4v) is 6.47. The van der Waals surface area contributed by atoms with E-state index in [9.17, 15) is 19.2 Å². The second-order valence-corrected chi connectivity index (χ2v) is 12.2. The molecule has 0 saturated heterocycles. The van der Waals surface area contributed by atoms with Crippen LogP contribution in [0.1, 0.15) is 76.7 Å². The molecule has 2 fully saturated rings. The Labute approximate surface area is 380 Å². The van der Waals surface area contributed by atoms with Gasteiger partial charge in [0.15, 0.2) is 11.2 Å². The summed E-state index contributed by atoms with van der Waals surface area (Å²) >= 11 is 0. The number of fused-ring (bicyclic) bond motifs is 1. The van der Waals surface area contributed by atoms with Crippen LogP contribution in [-0.4, -0.2) is 61.0 Å². The van der Waals surface area contributed by atoms with E-state index in [0.29, 0.717) is 53.7 Å². The van der Waals surface area contributed by atoms with Gasteiger partial charge in [0.1, 0.15) is 11.6 Å². The zero-order valence-corrected chi connectivity index (χ0v) is 39.2. The Bertz CT molecular complexity index is 1710. The van der Waals surface area contributed by atoms with E-state index in [4.69, 9.17) is 15.2 Å². The summed E-state index contributed by atoms with van der Waals surface area (Å²) in [4.78, 5) is 56.2. The second kappa shape index (κ2) is 48.5. The number of aliphatic hydroxyl groups excluding tert-OH is 1. The third-order valence-corrected chi connectivity index (χ3v) is 8.71. The Hall–Kier alpha value is -6.17. The summed E-state index contributed by atoms with van der Waals surface area (Å²) in [5.74, 6) is -0.0763. The van der Waals surface area contributed by atoms with Crippen molar-refractivity contribution in [2.75, 3.05) is 20.3 Å². The van der Waals surface area contributed by atoms with Crippen LogP contribution in [0.4, 0.5) is 0 Å². The molecule has 2 aliphatic rings. The Morgan fingerprint density at radius 2 is 1.10 bits per heavy atom. The minimum Gasteiger partial charge on any atom is -0.478 e. The van der Waals surface area contributed by atoms with Crippen molar-refractivity contribution in [1.29, 1.82) is 0 Å². The van der Waals surface area contributed by atoms with Gasteiger partial charge in [-0.1, -0.05) is 62.8 Å². The van der Waals surface area contributed by atoms with E-state index in [2.05, 4.69) is 123 Å². The van der Waals surface area contributed by atoms with Gasteiger partial charge in [-0.3, -0.25) is 18.7 Å². The smallest absolute Gasteiger partial charge is 0.332 e. The van der Waals surface area contributed by atoms with E-state index < -0.39 is 5.97 Å². The molecule has 2 N–H and O–H groups in total. The molecule has 2 aromatic heterocycles. The summed E-state index contributed by atoms with van der Waals surface area (Å²) in [6.07, 6.45) is 13.6. The molecular weight excluding hydrogens is 793 g/mol. The SMILES string of the molecule is C=C.C=C.C=C.C=C.C=C.C=C.C=C.C=C.C=C.CC(=O)Cn1c(-c2ccc(/C=C/C(=O)O)cc2)nc2c1c(=O)n(CC1CCCCC1)c(=O)n2CC1CCCCC1.COCCO. The van der Waals surface area contributed by atoms with Crippen molar-refractivity contribution >= 4 is 29.0 Å². The van der Waals surface area contributed by atoms with Crippen molar-refractivity contribution in [3.05, 3.63) is 175 Å². The number of methoxy groups -OCH3 is 1. The average molecular weight is 875 g/mol. The highest BCUT2D eigenvalue weighted by Crippen LogP contribution is 2.29. The van der Waals surface area contributed by atoms with E-state index in [-0.39, 0.29) is 36.1 Å². The zero-order chi connectivity index (χ0) is 50.3. The normalized spacial score (nSPS) is 12.1. The predicted molar refractivity (Wildman–Crippen MR) is 274 cm³/mol. The molecule has 0 aliphatic heterocycles. The Morgan fingerprint density at radius 3 is 1.44 bits per heavy atom. The van der Waals surface area contributed by atoms with Crippen LogP contribution in [0.5, 0.6) is 0 Å². The van der Waals surface area contributed by atoms with Crippen molar-refractivity contribution in [2.24, 2.45) is 11.8 Å². The number of carboxylic acid groups (broad SMARTS) is 1. The largest absolute Gasteiger partial charge is 0.478 e. The number of hydrogen-bond acceptors (Lipinski definition) is 7. The number of rotatable bonds is 11. The number of aliphatic hydroxyl groups is 1. The molecule has 3 aromatic rings. The highest BCUT2D eigenvalue weighted by atomic mass is 16.5. The molecule has 0 bridgehead atoms. The molecule has 2 aliphatic carbocycles. The first-order valence-corrected chi connectivity index (χ1v) is 20.6. The highest BCUT2D eigenvalue weighted by molar-refractivity contribution is 5.86. The van der Waals surface area contributed by atoms with Crippen molar-refractivity contribution < 1.29 is 24.5 Å². The number of ether oxygens (including phenoxy) is 1. The lowest BCUT2D eigenvalue weighted by Gasteiger charge is -2.25. The van der Waals surface area contributed by atoms with Crippen LogP contribution >= 0.6 is 0 Å². The lowest BCUT2D eigenvalue weighted by molar-refractivity contribution is -0.131. The average Bonchev–Trinajstić information content (AvgIpc) is 3.73. The quantitative estimate of drug-likeness (QED) is 0.143. The number of aromatic nitrogens is 4. The molecule has 0 atom stereocenters. The van der Waals surface area contributed by atoms with Crippen LogP contribution in [0.15, 0.2) is 158 Å². The molecule has 5 rings (SSSR count). The molecule has 11 heteroatoms. The monoisotopic (exact) mass is 875 g/mol. The van der Waals surface area contributed by atoms with Crippen molar-refractivity contribution in [1.82, 2.24) is 18.7 Å². The van der Waals surface area contributed by atoms with Gasteiger partial charge in [-0.15, -0.1) is 118 Å². The van der Waals surface area contributed by atoms with Gasteiger partial charge in [0, 0.05) is 31.8 Å². The number of carbonyl (C=O) groups is 2. The molecule has 0 radical (unpaired) electrons. The summed E-state index contributed by atoms with van der Waals surface area (Å²) in [6, 6.07) is 7.12. The minimum absolute atomic E-state index is 0.0349. The summed E-state index contributed by atoms with van der Waals surface area (Å²) in [5.41, 5.74) is 1.33. The van der Waals surface area contributed by atoms with Crippen LogP contribution in [0.2, 0.25) is 0 Å². The fourth-order valence-electron chi connectivity index (χ4n) is 6.47. The predicted octanol–water partition coefficient (Wildman–Crippen LogP) is 11.7. The van der Waals surface area contributed by atoms with Gasteiger partial charge in [-0.2, -0.15) is 0 Å². The number of carbonyl (C=O) groups excluding carboxylic acids is 1. The maximum absolute atomic E-state index is 14.0. The minimum atomic E-state index is -1.03. The van der Waals surface area contributed by atoms with Crippen LogP contribution in [0.3, 0.4) is 0 Å². The second-order valence-electron chi connectivity index (χ2n) is 12.2. The Morgan fingerprint density at radius 1 is 0.683 bits per heavy atom. The molecule has 352 valence electrons. The number of carboxylic acids is 1. The van der Waals surface area contributed by atoms with Gasteiger partial charge in [-0.05, 0) is 56.1 Å². The van der Waals surface area contributed by atoms with Crippen LogP contribution in [0.25, 0.3) is 28.6 Å². The first-order chi connectivity index (χ1) is 30.7. The number of imidazole rings is 1. The molecule has 2 heterocycles. The van der Waals surface area contributed by atoms with Crippen LogP contribution < -0.4 is 11.2 Å². The van der Waals surface area contributed by atoms with E-state index in [1.807, 2.05) is 0 Å². The van der Waals surface area contributed by atoms with Gasteiger partial charge >= 0.3 is 11.7 Å². The number of hydrogen-bond donors (Lipinski definition) is 2. The lowest BCUT2D eigenvalue weighted by Crippen LogP contribution is -2.43. The van der Waals surface area contributed by atoms with Gasteiger partial charge in [0.05, 0.1) is 19.8 Å². The van der Waals surface area contributed by atoms with Crippen molar-refractivity contribution in [3.63, 3.8) is 0 Å². The van der Waals surface area contributed by atoms with Gasteiger partial charge in [0.25, 0.3) is 5.56 Å². The van der Waals surface area contributed by atoms with Crippen molar-refractivity contribution in [3.8, 4) is 11.4 Å². The standard InChI is InChI=1S/C31H38N4O5.C3H8O2.9C2H4/c1-21(36)18-33-27-29(32-28(33)25-15-12-22(13-16-25)14-17-26(37)38)34(19-23-8-4-2-5-9-23)31(40)35(30(27)39)20-24-10-6-3-7-11-24;1-5-3-2-4;9*1-2/h12-17,23-24H,2-11,18-20H2,1H3,(H,37,38);4H,2-3H2,1H3;9*1-2H2/b17-14+;;;;;;;;;;. The van der Waals surface area contributed by atoms with E-state index >= 15 is 0 Å². The van der Waals surface area contributed by atoms with E-state index in [1.54, 1.807) is 40.5 Å². The molecule has 0 unspecified atom stereocenters. The molecule has 0 spiro atoms. The first kappa shape index (κ1) is 68.6. The summed E-state index contributed by atoms with van der Waals surface area (Å²) < 4.78 is 9.20. The maximum Gasteiger partial charge on any atom is 0.332 e. The highest BCUT2D eigenvalue weighted by Gasteiger charge is 2.26. The third kappa shape index (κ3) is 26.0. The summed E-state index contributed by atoms with van der Waals surface area (Å²) in [7, 11) is 1.55. The molecule has 63 heavy (non-hydrogen) atoms. The number of Topliss-reactive ketones (excluding diaryl/α,β-unsaturated/α-hetero) is 1. The molecule has 1 aromatic carbocycles. The lowest BCUT2D eigenvalue weighted by atomic mass is 9.89. The van der Waals surface area contributed by atoms with Crippen molar-refractivity contribution in [2.45, 2.75) is 90.8 Å². The summed E-state index contributed by atoms with van der Waals surface area (Å²) in [6.45, 7) is 56.9. The molecular formula is C52H82N4O7. The molecule has 0 amide bonds. The number of benzene rings is 1. The van der Waals surface area contributed by atoms with Gasteiger partial charge in [-0.25, -0.2) is 14.6 Å². The number of ketones is 1. The first-order valence-electron chi connectivity index (χ1n) is 20.6.